The second-order valence-corrected chi connectivity index (χ2v) is 11.4. The van der Waals surface area contributed by atoms with Gasteiger partial charge in [-0.15, -0.1) is 0 Å². The van der Waals surface area contributed by atoms with Crippen LogP contribution in [0.4, 0.5) is 0 Å². The number of phenols is 1. The molecule has 6 N–H and O–H groups in total. The van der Waals surface area contributed by atoms with E-state index in [4.69, 9.17) is 5.73 Å². The molecule has 0 radical (unpaired) electrons. The topological polar surface area (TPSA) is 158 Å². The van der Waals surface area contributed by atoms with Gasteiger partial charge in [-0.1, -0.05) is 50.3 Å². The fraction of sp³-hybridized carbons (Fsp3) is 0.323. The van der Waals surface area contributed by atoms with E-state index < -0.39 is 57.9 Å². The monoisotopic (exact) mass is 527 g/mol. The van der Waals surface area contributed by atoms with Gasteiger partial charge in [0.1, 0.15) is 22.8 Å². The number of aliphatic hydroxyl groups is 3. The third-order valence-electron chi connectivity index (χ3n) is 8.96. The largest absolute Gasteiger partial charge is 0.508 e. The summed E-state index contributed by atoms with van der Waals surface area (Å²) in [5.41, 5.74) is 6.77. The van der Waals surface area contributed by atoms with Crippen LogP contribution in [-0.2, 0) is 27.2 Å². The number of hydrogen-bond donors (Lipinski definition) is 5. The van der Waals surface area contributed by atoms with Gasteiger partial charge in [-0.05, 0) is 65.0 Å². The van der Waals surface area contributed by atoms with E-state index >= 15 is 0 Å². The van der Waals surface area contributed by atoms with E-state index in [0.717, 1.165) is 22.3 Å². The fourth-order valence-electron chi connectivity index (χ4n) is 7.24. The Kier molecular flexibility index (Phi) is 5.42. The molecule has 0 aromatic heterocycles. The van der Waals surface area contributed by atoms with E-state index in [2.05, 4.69) is 6.08 Å². The summed E-state index contributed by atoms with van der Waals surface area (Å²) in [6, 6.07) is 11.3. The van der Waals surface area contributed by atoms with Gasteiger partial charge < -0.3 is 26.2 Å². The lowest BCUT2D eigenvalue weighted by molar-refractivity contribution is -0.155. The lowest BCUT2D eigenvalue weighted by Gasteiger charge is -2.50. The Morgan fingerprint density at radius 2 is 1.79 bits per heavy atom. The van der Waals surface area contributed by atoms with Crippen LogP contribution in [0, 0.1) is 23.7 Å². The Bertz CT molecular complexity index is 1590. The summed E-state index contributed by atoms with van der Waals surface area (Å²) in [4.78, 5) is 39.4. The van der Waals surface area contributed by atoms with E-state index in [9.17, 15) is 34.8 Å². The van der Waals surface area contributed by atoms with E-state index in [1.807, 2.05) is 24.3 Å². The number of phenolic OH excluding ortho intramolecular Hbond substituents is 1. The first kappa shape index (κ1) is 25.1. The molecule has 2 aromatic rings. The van der Waals surface area contributed by atoms with Crippen LogP contribution >= 0.6 is 0 Å². The Hall–Kier alpha value is -4.17. The number of rotatable bonds is 3. The van der Waals surface area contributed by atoms with Crippen molar-refractivity contribution >= 4 is 34.9 Å². The summed E-state index contributed by atoms with van der Waals surface area (Å²) in [6.45, 7) is 3.49. The number of aromatic hydroxyl groups is 1. The highest BCUT2D eigenvalue weighted by atomic mass is 16.3. The number of carbonyl (C=O) groups is 3. The predicted molar refractivity (Wildman–Crippen MR) is 143 cm³/mol. The van der Waals surface area contributed by atoms with Gasteiger partial charge in [0.15, 0.2) is 11.4 Å². The molecule has 0 saturated heterocycles. The van der Waals surface area contributed by atoms with Crippen molar-refractivity contribution < 1.29 is 34.8 Å². The molecular formula is C31H29NO7. The molecule has 0 unspecified atom stereocenters. The zero-order valence-corrected chi connectivity index (χ0v) is 21.6. The first-order chi connectivity index (χ1) is 18.5. The first-order valence-electron chi connectivity index (χ1n) is 13.1. The van der Waals surface area contributed by atoms with Gasteiger partial charge in [-0.2, -0.15) is 0 Å². The van der Waals surface area contributed by atoms with Gasteiger partial charge in [0.25, 0.3) is 5.91 Å². The number of carbonyl (C=O) groups excluding carboxylic acids is 3. The number of primary amides is 1. The quantitative estimate of drug-likeness (QED) is 0.383. The molecular weight excluding hydrogens is 498 g/mol. The third kappa shape index (κ3) is 3.31. The lowest BCUT2D eigenvalue weighted by atomic mass is 9.54. The molecule has 8 nitrogen and oxygen atoms in total. The SMILES string of the molecule is CC(C)[C@@H]1C(=O)C(C(N)=O)=C(O)[C@@]2(O)C(=O)C3=C(O)c4c(O)ccc(C5=Cc6ccccc6C5)c4C[C@H]3C[C@@H]12. The molecule has 4 atom stereocenters. The fourth-order valence-corrected chi connectivity index (χ4v) is 7.24. The van der Waals surface area contributed by atoms with E-state index in [1.54, 1.807) is 19.9 Å². The minimum atomic E-state index is -2.60. The molecule has 0 spiro atoms. The van der Waals surface area contributed by atoms with Crippen LogP contribution in [0.2, 0.25) is 0 Å². The average molecular weight is 528 g/mol. The Labute approximate surface area is 224 Å². The maximum atomic E-state index is 14.0. The minimum Gasteiger partial charge on any atom is -0.508 e. The maximum absolute atomic E-state index is 14.0. The highest BCUT2D eigenvalue weighted by molar-refractivity contribution is 6.23. The van der Waals surface area contributed by atoms with E-state index in [0.29, 0.717) is 12.0 Å². The van der Waals surface area contributed by atoms with Crippen molar-refractivity contribution in [3.8, 4) is 5.75 Å². The standard InChI is InChI=1S/C31H29NO7/c1-13(2)22-20-12-17-11-19-18(16-9-14-5-3-4-6-15(14)10-16)7-8-21(33)24(19)27(35)23(17)28(36)31(20,39)29(37)25(26(22)34)30(32)38/h3-9,13,17,20,22,33,35,37,39H,10-12H2,1-2H3,(H2,32,38)/t17-,20-,22-,31-/m0/s1. The van der Waals surface area contributed by atoms with Crippen molar-refractivity contribution in [3.05, 3.63) is 81.1 Å². The number of allylic oxidation sites excluding steroid dienone is 1. The molecule has 8 heteroatoms. The molecule has 2 aromatic carbocycles. The van der Waals surface area contributed by atoms with E-state index in [-0.39, 0.29) is 35.6 Å². The summed E-state index contributed by atoms with van der Waals surface area (Å²) in [5.74, 6) is -7.60. The Balaban J connectivity index is 1.53. The molecule has 0 aliphatic heterocycles. The number of nitrogens with two attached hydrogens (primary N) is 1. The normalized spacial score (nSPS) is 27.7. The number of Topliss-reactive ketones (excluding diaryl/α,β-unsaturated/α-hetero) is 2. The number of ketones is 2. The lowest BCUT2D eigenvalue weighted by Crippen LogP contribution is -2.62. The summed E-state index contributed by atoms with van der Waals surface area (Å²) < 4.78 is 0. The smallest absolute Gasteiger partial charge is 0.255 e. The van der Waals surface area contributed by atoms with Gasteiger partial charge in [-0.25, -0.2) is 0 Å². The minimum absolute atomic E-state index is 0.0974. The van der Waals surface area contributed by atoms with Crippen molar-refractivity contribution in [2.75, 3.05) is 0 Å². The number of fused-ring (bicyclic) bond motifs is 4. The van der Waals surface area contributed by atoms with Crippen LogP contribution in [0.15, 0.2) is 53.3 Å². The molecule has 1 fully saturated rings. The molecule has 39 heavy (non-hydrogen) atoms. The average Bonchev–Trinajstić information content (AvgIpc) is 3.30. The maximum Gasteiger partial charge on any atom is 0.255 e. The van der Waals surface area contributed by atoms with Crippen molar-refractivity contribution in [3.63, 3.8) is 0 Å². The van der Waals surface area contributed by atoms with Gasteiger partial charge in [0.05, 0.1) is 5.56 Å². The van der Waals surface area contributed by atoms with Gasteiger partial charge in [0, 0.05) is 17.4 Å². The zero-order chi connectivity index (χ0) is 28.0. The van der Waals surface area contributed by atoms with Crippen LogP contribution in [0.5, 0.6) is 5.75 Å². The highest BCUT2D eigenvalue weighted by Gasteiger charge is 2.64. The molecule has 1 saturated carbocycles. The highest BCUT2D eigenvalue weighted by Crippen LogP contribution is 2.55. The van der Waals surface area contributed by atoms with Crippen LogP contribution in [0.1, 0.15) is 48.1 Å². The van der Waals surface area contributed by atoms with Crippen LogP contribution in [0.3, 0.4) is 0 Å². The molecule has 4 aliphatic rings. The van der Waals surface area contributed by atoms with Crippen LogP contribution in [0.25, 0.3) is 17.4 Å². The molecule has 4 aliphatic carbocycles. The molecule has 200 valence electrons. The summed E-state index contributed by atoms with van der Waals surface area (Å²) in [6.07, 6.45) is 3.12. The zero-order valence-electron chi connectivity index (χ0n) is 21.6. The first-order valence-corrected chi connectivity index (χ1v) is 13.1. The second kappa shape index (κ2) is 8.41. The number of benzene rings is 2. The number of amides is 1. The molecule has 0 heterocycles. The summed E-state index contributed by atoms with van der Waals surface area (Å²) in [5, 5.41) is 45.0. The van der Waals surface area contributed by atoms with Crippen molar-refractivity contribution in [1.82, 2.24) is 0 Å². The van der Waals surface area contributed by atoms with Gasteiger partial charge in [-0.3, -0.25) is 14.4 Å². The van der Waals surface area contributed by atoms with Crippen molar-refractivity contribution in [1.29, 1.82) is 0 Å². The van der Waals surface area contributed by atoms with Gasteiger partial charge in [0.2, 0.25) is 5.78 Å². The van der Waals surface area contributed by atoms with Crippen molar-refractivity contribution in [2.24, 2.45) is 29.4 Å². The summed E-state index contributed by atoms with van der Waals surface area (Å²) in [7, 11) is 0. The number of aliphatic hydroxyl groups excluding tert-OH is 2. The van der Waals surface area contributed by atoms with Crippen molar-refractivity contribution in [2.45, 2.75) is 38.7 Å². The third-order valence-corrected chi connectivity index (χ3v) is 8.96. The van der Waals surface area contributed by atoms with Crippen LogP contribution < -0.4 is 5.73 Å². The Morgan fingerprint density at radius 3 is 2.46 bits per heavy atom. The summed E-state index contributed by atoms with van der Waals surface area (Å²) >= 11 is 0. The Morgan fingerprint density at radius 1 is 1.08 bits per heavy atom. The predicted octanol–water partition coefficient (Wildman–Crippen LogP) is 3.40. The van der Waals surface area contributed by atoms with Gasteiger partial charge >= 0.3 is 0 Å². The molecule has 1 amide bonds. The van der Waals surface area contributed by atoms with E-state index in [1.165, 1.54) is 6.07 Å². The number of hydrogen-bond acceptors (Lipinski definition) is 7. The molecule has 6 rings (SSSR count). The van der Waals surface area contributed by atoms with Crippen LogP contribution in [-0.4, -0.2) is 43.5 Å². The second-order valence-electron chi connectivity index (χ2n) is 11.4. The molecule has 0 bridgehead atoms.